The Morgan fingerprint density at radius 1 is 1.26 bits per heavy atom. The van der Waals surface area contributed by atoms with Gasteiger partial charge in [0.2, 0.25) is 0 Å². The Morgan fingerprint density at radius 3 is 2.53 bits per heavy atom. The zero-order chi connectivity index (χ0) is 13.8. The molecule has 1 aromatic heterocycles. The second-order valence-electron chi connectivity index (χ2n) is 4.54. The van der Waals surface area contributed by atoms with Gasteiger partial charge in [0.05, 0.1) is 0 Å². The van der Waals surface area contributed by atoms with Crippen molar-refractivity contribution < 1.29 is 0 Å². The molecule has 0 spiro atoms. The molecule has 0 fully saturated rings. The van der Waals surface area contributed by atoms with Gasteiger partial charge in [-0.3, -0.25) is 0 Å². The highest BCUT2D eigenvalue weighted by Gasteiger charge is 2.07. The fraction of sp³-hybridized carbons (Fsp3) is 0.267. The summed E-state index contributed by atoms with van der Waals surface area (Å²) in [6.07, 6.45) is 0. The van der Waals surface area contributed by atoms with Gasteiger partial charge in [-0.2, -0.15) is 5.26 Å². The van der Waals surface area contributed by atoms with Crippen molar-refractivity contribution in [3.05, 3.63) is 57.9 Å². The molecule has 19 heavy (non-hydrogen) atoms. The number of rotatable bonds is 4. The number of nitrogens with one attached hydrogen (secondary N) is 1. The van der Waals surface area contributed by atoms with E-state index in [9.17, 15) is 0 Å². The predicted molar refractivity (Wildman–Crippen MR) is 76.9 cm³/mol. The van der Waals surface area contributed by atoms with Crippen LogP contribution in [0.25, 0.3) is 0 Å². The highest BCUT2D eigenvalue weighted by molar-refractivity contribution is 6.30. The first kappa shape index (κ1) is 13.7. The SMILES string of the molecule is Cc1c(CNCc2ccc(Cl)cc2)cc(C#N)n1C. The Kier molecular flexibility index (Phi) is 4.26. The van der Waals surface area contributed by atoms with E-state index >= 15 is 0 Å². The summed E-state index contributed by atoms with van der Waals surface area (Å²) in [5.41, 5.74) is 4.17. The van der Waals surface area contributed by atoms with E-state index in [-0.39, 0.29) is 0 Å². The molecule has 1 N–H and O–H groups in total. The van der Waals surface area contributed by atoms with Crippen molar-refractivity contribution in [2.45, 2.75) is 20.0 Å². The monoisotopic (exact) mass is 273 g/mol. The van der Waals surface area contributed by atoms with E-state index in [1.807, 2.05) is 48.9 Å². The first-order valence-electron chi connectivity index (χ1n) is 6.12. The first-order chi connectivity index (χ1) is 9.11. The summed E-state index contributed by atoms with van der Waals surface area (Å²) in [5, 5.41) is 13.1. The van der Waals surface area contributed by atoms with Crippen molar-refractivity contribution >= 4 is 11.6 Å². The van der Waals surface area contributed by atoms with Crippen LogP contribution in [0.15, 0.2) is 30.3 Å². The lowest BCUT2D eigenvalue weighted by Crippen LogP contribution is -2.13. The van der Waals surface area contributed by atoms with Gasteiger partial charge in [-0.05, 0) is 36.2 Å². The van der Waals surface area contributed by atoms with Crippen LogP contribution in [0, 0.1) is 18.3 Å². The molecule has 1 heterocycles. The molecule has 0 aliphatic carbocycles. The maximum atomic E-state index is 8.98. The second kappa shape index (κ2) is 5.92. The third-order valence-electron chi connectivity index (χ3n) is 3.31. The molecule has 0 bridgehead atoms. The third kappa shape index (κ3) is 3.17. The summed E-state index contributed by atoms with van der Waals surface area (Å²) in [4.78, 5) is 0. The number of nitrogens with zero attached hydrogens (tertiary/aromatic N) is 2. The molecule has 0 saturated heterocycles. The van der Waals surface area contributed by atoms with Gasteiger partial charge in [-0.25, -0.2) is 0 Å². The zero-order valence-electron chi connectivity index (χ0n) is 11.1. The van der Waals surface area contributed by atoms with Crippen LogP contribution in [-0.2, 0) is 20.1 Å². The van der Waals surface area contributed by atoms with Gasteiger partial charge in [0.1, 0.15) is 11.8 Å². The van der Waals surface area contributed by atoms with E-state index in [0.717, 1.165) is 29.4 Å². The quantitative estimate of drug-likeness (QED) is 0.930. The second-order valence-corrected chi connectivity index (χ2v) is 4.98. The van der Waals surface area contributed by atoms with Gasteiger partial charge in [0.15, 0.2) is 0 Å². The average molecular weight is 274 g/mol. The van der Waals surface area contributed by atoms with Crippen LogP contribution in [-0.4, -0.2) is 4.57 Å². The van der Waals surface area contributed by atoms with Gasteiger partial charge < -0.3 is 9.88 Å². The number of aromatic nitrogens is 1. The Morgan fingerprint density at radius 2 is 1.95 bits per heavy atom. The lowest BCUT2D eigenvalue weighted by Gasteiger charge is -2.05. The molecule has 0 aliphatic rings. The summed E-state index contributed by atoms with van der Waals surface area (Å²) < 4.78 is 1.92. The largest absolute Gasteiger partial charge is 0.340 e. The van der Waals surface area contributed by atoms with Crippen LogP contribution in [0.2, 0.25) is 5.02 Å². The fourth-order valence-corrected chi connectivity index (χ4v) is 2.12. The van der Waals surface area contributed by atoms with Crippen molar-refractivity contribution in [1.29, 1.82) is 5.26 Å². The molecule has 3 nitrogen and oxygen atoms in total. The van der Waals surface area contributed by atoms with Gasteiger partial charge in [-0.1, -0.05) is 23.7 Å². The van der Waals surface area contributed by atoms with E-state index < -0.39 is 0 Å². The Balaban J connectivity index is 1.96. The van der Waals surface area contributed by atoms with E-state index in [4.69, 9.17) is 16.9 Å². The smallest absolute Gasteiger partial charge is 0.120 e. The molecular weight excluding hydrogens is 258 g/mol. The van der Waals surface area contributed by atoms with Crippen molar-refractivity contribution in [3.63, 3.8) is 0 Å². The van der Waals surface area contributed by atoms with Crippen molar-refractivity contribution in [3.8, 4) is 6.07 Å². The van der Waals surface area contributed by atoms with Crippen molar-refractivity contribution in [2.75, 3.05) is 0 Å². The highest BCUT2D eigenvalue weighted by atomic mass is 35.5. The number of nitriles is 1. The van der Waals surface area contributed by atoms with Crippen LogP contribution >= 0.6 is 11.6 Å². The minimum Gasteiger partial charge on any atom is -0.340 e. The maximum Gasteiger partial charge on any atom is 0.120 e. The number of benzene rings is 1. The molecule has 0 unspecified atom stereocenters. The van der Waals surface area contributed by atoms with Crippen LogP contribution in [0.3, 0.4) is 0 Å². The number of halogens is 1. The zero-order valence-corrected chi connectivity index (χ0v) is 11.8. The van der Waals surface area contributed by atoms with Gasteiger partial charge in [0.25, 0.3) is 0 Å². The summed E-state index contributed by atoms with van der Waals surface area (Å²) in [6.45, 7) is 3.57. The van der Waals surface area contributed by atoms with Crippen LogP contribution < -0.4 is 5.32 Å². The third-order valence-corrected chi connectivity index (χ3v) is 3.56. The molecule has 0 radical (unpaired) electrons. The summed E-state index contributed by atoms with van der Waals surface area (Å²) in [6, 6.07) is 11.9. The minimum atomic E-state index is 0.695. The summed E-state index contributed by atoms with van der Waals surface area (Å²) in [7, 11) is 1.91. The molecule has 2 rings (SSSR count). The van der Waals surface area contributed by atoms with E-state index in [1.165, 1.54) is 5.56 Å². The Hall–Kier alpha value is -1.76. The lowest BCUT2D eigenvalue weighted by atomic mass is 10.2. The number of hydrogen-bond acceptors (Lipinski definition) is 2. The Bertz CT molecular complexity index is 606. The minimum absolute atomic E-state index is 0.695. The first-order valence-corrected chi connectivity index (χ1v) is 6.50. The lowest BCUT2D eigenvalue weighted by molar-refractivity contribution is 0.687. The number of hydrogen-bond donors (Lipinski definition) is 1. The normalized spacial score (nSPS) is 10.4. The van der Waals surface area contributed by atoms with Gasteiger partial charge in [0, 0.05) is 30.9 Å². The molecule has 0 aliphatic heterocycles. The fourth-order valence-electron chi connectivity index (χ4n) is 1.99. The molecule has 2 aromatic rings. The topological polar surface area (TPSA) is 40.8 Å². The highest BCUT2D eigenvalue weighted by Crippen LogP contribution is 2.14. The van der Waals surface area contributed by atoms with Crippen LogP contribution in [0.1, 0.15) is 22.5 Å². The van der Waals surface area contributed by atoms with Gasteiger partial charge in [-0.15, -0.1) is 0 Å². The van der Waals surface area contributed by atoms with E-state index in [2.05, 4.69) is 11.4 Å². The molecule has 1 aromatic carbocycles. The molecule has 0 atom stereocenters. The average Bonchev–Trinajstić information content (AvgIpc) is 2.69. The molecule has 98 valence electrons. The molecular formula is C15H16ClN3. The van der Waals surface area contributed by atoms with Crippen molar-refractivity contribution in [2.24, 2.45) is 7.05 Å². The van der Waals surface area contributed by atoms with E-state index in [1.54, 1.807) is 0 Å². The summed E-state index contributed by atoms with van der Waals surface area (Å²) >= 11 is 5.84. The van der Waals surface area contributed by atoms with Gasteiger partial charge >= 0.3 is 0 Å². The molecule has 4 heteroatoms. The summed E-state index contributed by atoms with van der Waals surface area (Å²) in [5.74, 6) is 0. The standard InChI is InChI=1S/C15H16ClN3/c1-11-13(7-15(8-17)19(11)2)10-18-9-12-3-5-14(16)6-4-12/h3-7,18H,9-10H2,1-2H3. The maximum absolute atomic E-state index is 8.98. The van der Waals surface area contributed by atoms with E-state index in [0.29, 0.717) is 5.69 Å². The molecule has 0 saturated carbocycles. The van der Waals surface area contributed by atoms with Crippen LogP contribution in [0.4, 0.5) is 0 Å². The molecule has 0 amide bonds. The Labute approximate surface area is 118 Å². The van der Waals surface area contributed by atoms with Crippen molar-refractivity contribution in [1.82, 2.24) is 9.88 Å². The van der Waals surface area contributed by atoms with Crippen LogP contribution in [0.5, 0.6) is 0 Å². The predicted octanol–water partition coefficient (Wildman–Crippen LogP) is 3.15.